The number of benzene rings is 1. The maximum Gasteiger partial charge on any atom is 0.374 e. The summed E-state index contributed by atoms with van der Waals surface area (Å²) in [4.78, 5) is 30.0. The van der Waals surface area contributed by atoms with Crippen LogP contribution in [0.3, 0.4) is 0 Å². The van der Waals surface area contributed by atoms with Crippen LogP contribution < -0.4 is 24.2 Å². The average molecular weight is 602 g/mol. The van der Waals surface area contributed by atoms with Crippen molar-refractivity contribution in [1.29, 1.82) is 5.41 Å². The molecule has 0 saturated heterocycles. The van der Waals surface area contributed by atoms with Crippen molar-refractivity contribution in [3.8, 4) is 17.2 Å². The maximum atomic E-state index is 12.8. The lowest BCUT2D eigenvalue weighted by Crippen LogP contribution is -3.10. The molecule has 5 aliphatic rings. The lowest BCUT2D eigenvalue weighted by Gasteiger charge is -2.37. The maximum absolute atomic E-state index is 12.8. The highest BCUT2D eigenvalue weighted by Gasteiger charge is 2.50. The van der Waals surface area contributed by atoms with Crippen molar-refractivity contribution in [3.63, 3.8) is 0 Å². The Balaban J connectivity index is 1.29. The Bertz CT molecular complexity index is 1750. The number of nitrogens with one attached hydrogen (secondary N) is 2. The topological polar surface area (TPSA) is 180 Å². The Morgan fingerprint density at radius 3 is 3.00 bits per heavy atom. The molecule has 0 bridgehead atoms. The molecule has 228 valence electrons. The van der Waals surface area contributed by atoms with E-state index in [0.29, 0.717) is 58.0 Å². The smallest absolute Gasteiger partial charge is 0.374 e. The molecule has 1 aliphatic carbocycles. The quantitative estimate of drug-likeness (QED) is 0.403. The monoisotopic (exact) mass is 601 g/mol. The summed E-state index contributed by atoms with van der Waals surface area (Å²) >= 11 is 0. The molecule has 3 N–H and O–H groups in total. The van der Waals surface area contributed by atoms with E-state index in [1.807, 2.05) is 10.6 Å². The number of imidazole rings is 1. The highest BCUT2D eigenvalue weighted by molar-refractivity contribution is 6.66. The van der Waals surface area contributed by atoms with Gasteiger partial charge in [-0.2, -0.15) is 9.98 Å². The molecule has 7 rings (SSSR count). The van der Waals surface area contributed by atoms with Crippen molar-refractivity contribution in [2.75, 3.05) is 20.4 Å². The van der Waals surface area contributed by atoms with Gasteiger partial charge >= 0.3 is 11.9 Å². The molecule has 4 atom stereocenters. The molecule has 4 aliphatic heterocycles. The summed E-state index contributed by atoms with van der Waals surface area (Å²) in [6.45, 7) is 4.20. The van der Waals surface area contributed by atoms with Gasteiger partial charge in [-0.05, 0) is 44.8 Å². The predicted octanol–water partition coefficient (Wildman–Crippen LogP) is 0.628. The molecule has 1 aromatic carbocycles. The molecule has 5 heterocycles. The number of guanidine groups is 1. The van der Waals surface area contributed by atoms with E-state index in [1.54, 1.807) is 45.5 Å². The number of hydrogen-bond acceptors (Lipinski definition) is 10. The summed E-state index contributed by atoms with van der Waals surface area (Å²) in [5.74, 6) is 0.749. The number of hydrogen-bond donors (Lipinski definition) is 3. The van der Waals surface area contributed by atoms with Crippen LogP contribution in [-0.2, 0) is 16.1 Å². The van der Waals surface area contributed by atoms with Crippen molar-refractivity contribution in [3.05, 3.63) is 47.5 Å². The normalized spacial score (nSPS) is 27.5. The second-order valence-corrected chi connectivity index (χ2v) is 11.3. The second kappa shape index (κ2) is 10.4. The third-order valence-corrected chi connectivity index (χ3v) is 8.55. The van der Waals surface area contributed by atoms with Crippen LogP contribution in [0.2, 0.25) is 0 Å². The number of ether oxygens (including phenoxy) is 4. The van der Waals surface area contributed by atoms with E-state index in [1.165, 1.54) is 0 Å². The van der Waals surface area contributed by atoms with Crippen LogP contribution in [0.15, 0.2) is 51.3 Å². The number of rotatable bonds is 6. The van der Waals surface area contributed by atoms with Gasteiger partial charge in [0.2, 0.25) is 11.7 Å². The fourth-order valence-electron chi connectivity index (χ4n) is 6.64. The number of amidine groups is 1. The van der Waals surface area contributed by atoms with Crippen molar-refractivity contribution in [2.24, 2.45) is 15.0 Å². The van der Waals surface area contributed by atoms with Crippen LogP contribution in [0, 0.1) is 5.41 Å². The van der Waals surface area contributed by atoms with Gasteiger partial charge in [-0.25, -0.2) is 19.7 Å². The molecule has 0 spiro atoms. The number of carbonyl (C=O) groups is 1. The van der Waals surface area contributed by atoms with E-state index in [4.69, 9.17) is 24.4 Å². The summed E-state index contributed by atoms with van der Waals surface area (Å²) in [6, 6.07) is 1.76. The van der Waals surface area contributed by atoms with Gasteiger partial charge in [0, 0.05) is 36.2 Å². The van der Waals surface area contributed by atoms with E-state index in [9.17, 15) is 15.0 Å². The largest absolute Gasteiger partial charge is 0.857 e. The Labute approximate surface area is 252 Å². The van der Waals surface area contributed by atoms with E-state index < -0.39 is 23.6 Å². The summed E-state index contributed by atoms with van der Waals surface area (Å²) in [5, 5.41) is 31.2. The van der Waals surface area contributed by atoms with Crippen molar-refractivity contribution < 1.29 is 38.9 Å². The first-order valence-corrected chi connectivity index (χ1v) is 14.5. The SMILES string of the molecule is CCOC(=O)C1=CC(=CCn2ccnc2[NH+]2CN=C3C([O-])=NC(=N)N=C32)c2c(cc3c(c2OC)[C@@H]2CCC[C@@](C)(O)[C@H]2O3)O1. The van der Waals surface area contributed by atoms with Crippen molar-refractivity contribution in [1.82, 2.24) is 9.55 Å². The van der Waals surface area contributed by atoms with E-state index in [-0.39, 0.29) is 36.6 Å². The number of aliphatic imine (C=N–C) groups is 3. The van der Waals surface area contributed by atoms with E-state index in [0.717, 1.165) is 18.4 Å². The number of quaternary nitrogens is 1. The minimum Gasteiger partial charge on any atom is -0.857 e. The van der Waals surface area contributed by atoms with Gasteiger partial charge in [0.15, 0.2) is 12.4 Å². The molecular weight excluding hydrogens is 570 g/mol. The minimum atomic E-state index is -1.000. The molecule has 1 aromatic heterocycles. The number of esters is 1. The number of nitrogens with zero attached hydrogens (tertiary/aromatic N) is 5. The van der Waals surface area contributed by atoms with Gasteiger partial charge < -0.3 is 29.2 Å². The molecule has 1 fully saturated rings. The van der Waals surface area contributed by atoms with Crippen LogP contribution in [0.5, 0.6) is 17.2 Å². The first-order valence-electron chi connectivity index (χ1n) is 14.5. The summed E-state index contributed by atoms with van der Waals surface area (Å²) < 4.78 is 25.5. The van der Waals surface area contributed by atoms with Crippen LogP contribution in [0.25, 0.3) is 5.57 Å². The molecule has 14 nitrogen and oxygen atoms in total. The lowest BCUT2D eigenvalue weighted by atomic mass is 9.74. The number of aliphatic hydroxyl groups is 1. The number of methoxy groups -OCH3 is 1. The van der Waals surface area contributed by atoms with Crippen molar-refractivity contribution >= 4 is 40.9 Å². The number of fused-ring (bicyclic) bond motifs is 5. The van der Waals surface area contributed by atoms with Gasteiger partial charge in [0.1, 0.15) is 23.4 Å². The third-order valence-electron chi connectivity index (χ3n) is 8.55. The fraction of sp³-hybridized carbons (Fsp3) is 0.400. The van der Waals surface area contributed by atoms with E-state index in [2.05, 4.69) is 20.0 Å². The summed E-state index contributed by atoms with van der Waals surface area (Å²) in [5.41, 5.74) is 1.33. The Morgan fingerprint density at radius 2 is 2.20 bits per heavy atom. The van der Waals surface area contributed by atoms with Gasteiger partial charge in [-0.15, -0.1) is 0 Å². The standard InChI is InChI=1S/C30H31N7O7/c1-4-42-27(39)19-12-15(7-10-36-11-9-32-29(36)37-14-33-22-25(37)34-28(31)35-26(22)38)20-17(43-19)13-18-21(23(20)41-3)16-6-5-8-30(2,40)24(16)44-18/h7,9,11-13,16,24,40H,4-6,8,10,14H2,1-3H3,(H2,31,35,38)/t16-,24-,30+/m0/s1. The lowest BCUT2D eigenvalue weighted by molar-refractivity contribution is -0.730. The fourth-order valence-corrected chi connectivity index (χ4v) is 6.64. The van der Waals surface area contributed by atoms with Crippen LogP contribution in [-0.4, -0.2) is 76.1 Å². The first-order chi connectivity index (χ1) is 21.2. The predicted molar refractivity (Wildman–Crippen MR) is 156 cm³/mol. The first kappa shape index (κ1) is 28.0. The number of allylic oxidation sites excluding steroid dienone is 3. The van der Waals surface area contributed by atoms with Gasteiger partial charge in [-0.1, -0.05) is 6.08 Å². The van der Waals surface area contributed by atoms with Gasteiger partial charge in [0.25, 0.3) is 5.84 Å². The highest BCUT2D eigenvalue weighted by atomic mass is 16.6. The van der Waals surface area contributed by atoms with Crippen molar-refractivity contribution in [2.45, 2.75) is 57.3 Å². The molecule has 2 aromatic rings. The zero-order chi connectivity index (χ0) is 30.7. The van der Waals surface area contributed by atoms with Crippen LogP contribution in [0.4, 0.5) is 5.95 Å². The second-order valence-electron chi connectivity index (χ2n) is 11.3. The molecule has 1 unspecified atom stereocenters. The Morgan fingerprint density at radius 1 is 1.36 bits per heavy atom. The Kier molecular flexibility index (Phi) is 6.62. The molecular formula is C30H31N7O7. The average Bonchev–Trinajstić information content (AvgIpc) is 3.72. The van der Waals surface area contributed by atoms with E-state index >= 15 is 0 Å². The molecule has 14 heteroatoms. The minimum absolute atomic E-state index is 0.0152. The van der Waals surface area contributed by atoms with Gasteiger partial charge in [-0.3, -0.25) is 9.98 Å². The van der Waals surface area contributed by atoms with Crippen LogP contribution in [0.1, 0.15) is 50.2 Å². The van der Waals surface area contributed by atoms with Gasteiger partial charge in [0.05, 0.1) is 31.1 Å². The molecule has 44 heavy (non-hydrogen) atoms. The highest BCUT2D eigenvalue weighted by Crippen LogP contribution is 2.57. The number of aromatic nitrogens is 2. The molecule has 0 radical (unpaired) electrons. The third kappa shape index (κ3) is 4.40. The zero-order valence-electron chi connectivity index (χ0n) is 24.4. The number of carbonyl (C=O) groups excluding carboxylic acids is 1. The summed E-state index contributed by atoms with van der Waals surface area (Å²) in [7, 11) is 1.59. The summed E-state index contributed by atoms with van der Waals surface area (Å²) in [6.07, 6.45) is 8.87. The molecule has 1 saturated carbocycles. The Hall–Kier alpha value is -4.82. The molecule has 0 amide bonds. The zero-order valence-corrected chi connectivity index (χ0v) is 24.4. The van der Waals surface area contributed by atoms with Crippen LogP contribution >= 0.6 is 0 Å².